The molecule has 3 atom stereocenters. The van der Waals surface area contributed by atoms with Gasteiger partial charge in [0.1, 0.15) is 46.6 Å². The average molecular weight is 737 g/mol. The van der Waals surface area contributed by atoms with E-state index in [1.807, 2.05) is 0 Å². The number of carbonyl (C=O) groups excluding carboxylic acids is 1. The monoisotopic (exact) mass is 736 g/mol. The zero-order valence-corrected chi connectivity index (χ0v) is 29.0. The summed E-state index contributed by atoms with van der Waals surface area (Å²) in [4.78, 5) is 18.8. The standard InChI is InChI=1S/C38H34F6N6O3/c1-37(2,52)10-9-22-5-6-24(25-7-8-28(53-4)30-33(25)49(3)48-36(30)45)31(46-22)19(11-18-12-20(39)15-21(40)13-18)14-23(51)17-50-34-29(32(47-50)35(41)42)26-16-27(26)38(34,43)44/h5-8,12-13,15,19,26-27,35,52H,11,14,16-17H2,1-4H3,(H2,45,48)/t19-,26+,27-/m1/s1. The Bertz CT molecular complexity index is 2330. The van der Waals surface area contributed by atoms with Crippen molar-refractivity contribution in [2.75, 3.05) is 12.8 Å². The lowest BCUT2D eigenvalue weighted by atomic mass is 9.86. The number of rotatable bonds is 10. The van der Waals surface area contributed by atoms with Gasteiger partial charge in [-0.15, -0.1) is 0 Å². The van der Waals surface area contributed by atoms with Crippen molar-refractivity contribution in [3.8, 4) is 28.7 Å². The molecule has 276 valence electrons. The first kappa shape index (κ1) is 36.0. The van der Waals surface area contributed by atoms with Crippen LogP contribution in [-0.2, 0) is 30.7 Å². The second-order valence-corrected chi connectivity index (χ2v) is 14.1. The summed E-state index contributed by atoms with van der Waals surface area (Å²) in [5, 5.41) is 18.9. The Kier molecular flexibility index (Phi) is 8.80. The van der Waals surface area contributed by atoms with Gasteiger partial charge in [-0.2, -0.15) is 19.0 Å². The van der Waals surface area contributed by atoms with E-state index >= 15 is 8.78 Å². The minimum Gasteiger partial charge on any atom is -0.496 e. The van der Waals surface area contributed by atoms with Gasteiger partial charge in [0.15, 0.2) is 11.6 Å². The molecule has 3 heterocycles. The van der Waals surface area contributed by atoms with Crippen molar-refractivity contribution in [3.63, 3.8) is 0 Å². The van der Waals surface area contributed by atoms with Gasteiger partial charge in [0.2, 0.25) is 0 Å². The van der Waals surface area contributed by atoms with Gasteiger partial charge in [-0.3, -0.25) is 14.2 Å². The Morgan fingerprint density at radius 2 is 1.79 bits per heavy atom. The van der Waals surface area contributed by atoms with Gasteiger partial charge in [0.25, 0.3) is 12.3 Å². The van der Waals surface area contributed by atoms with E-state index in [0.717, 1.165) is 12.1 Å². The number of methoxy groups -OCH3 is 1. The van der Waals surface area contributed by atoms with Crippen LogP contribution in [0.5, 0.6) is 5.75 Å². The third-order valence-electron chi connectivity index (χ3n) is 9.67. The maximum absolute atomic E-state index is 15.4. The number of ketones is 1. The highest BCUT2D eigenvalue weighted by molar-refractivity contribution is 6.04. The molecule has 2 aliphatic rings. The summed E-state index contributed by atoms with van der Waals surface area (Å²) in [7, 11) is 3.15. The average Bonchev–Trinajstić information content (AvgIpc) is 3.63. The molecule has 1 fully saturated rings. The number of fused-ring (bicyclic) bond motifs is 4. The van der Waals surface area contributed by atoms with E-state index in [2.05, 4.69) is 22.0 Å². The van der Waals surface area contributed by atoms with Crippen LogP contribution in [0.25, 0.3) is 22.0 Å². The van der Waals surface area contributed by atoms with E-state index in [1.165, 1.54) is 21.0 Å². The van der Waals surface area contributed by atoms with Gasteiger partial charge < -0.3 is 15.6 Å². The van der Waals surface area contributed by atoms with Crippen molar-refractivity contribution < 1.29 is 41.0 Å². The van der Waals surface area contributed by atoms with E-state index in [4.69, 9.17) is 15.5 Å². The van der Waals surface area contributed by atoms with Crippen molar-refractivity contribution in [1.29, 1.82) is 0 Å². The molecule has 2 aliphatic carbocycles. The van der Waals surface area contributed by atoms with Crippen molar-refractivity contribution in [2.45, 2.75) is 69.4 Å². The topological polar surface area (TPSA) is 121 Å². The lowest BCUT2D eigenvalue weighted by molar-refractivity contribution is -0.120. The van der Waals surface area contributed by atoms with Gasteiger partial charge in [-0.1, -0.05) is 5.92 Å². The molecule has 1 saturated carbocycles. The summed E-state index contributed by atoms with van der Waals surface area (Å²) >= 11 is 0. The number of aryl methyl sites for hydroxylation is 1. The number of aliphatic hydroxyl groups is 1. The summed E-state index contributed by atoms with van der Waals surface area (Å²) in [6.07, 6.45) is -3.64. The van der Waals surface area contributed by atoms with Crippen LogP contribution >= 0.6 is 0 Å². The molecule has 53 heavy (non-hydrogen) atoms. The Morgan fingerprint density at radius 3 is 2.45 bits per heavy atom. The normalized spacial score (nSPS) is 17.7. The number of Topliss-reactive ketones (excluding diaryl/α,β-unsaturated/α-hetero) is 1. The molecule has 5 aromatic rings. The highest BCUT2D eigenvalue weighted by atomic mass is 19.3. The summed E-state index contributed by atoms with van der Waals surface area (Å²) in [5.41, 5.74) is 5.37. The third kappa shape index (κ3) is 6.60. The molecule has 0 aliphatic heterocycles. The molecule has 0 saturated heterocycles. The van der Waals surface area contributed by atoms with Crippen LogP contribution in [0.2, 0.25) is 0 Å². The molecule has 7 rings (SSSR count). The Labute approximate surface area is 299 Å². The van der Waals surface area contributed by atoms with Gasteiger partial charge in [-0.25, -0.2) is 22.5 Å². The summed E-state index contributed by atoms with van der Waals surface area (Å²) < 4.78 is 95.5. The highest BCUT2D eigenvalue weighted by Gasteiger charge is 2.67. The van der Waals surface area contributed by atoms with Crippen LogP contribution in [0.4, 0.5) is 32.2 Å². The maximum Gasteiger partial charge on any atom is 0.293 e. The van der Waals surface area contributed by atoms with E-state index in [0.29, 0.717) is 38.5 Å². The predicted octanol–water partition coefficient (Wildman–Crippen LogP) is 6.96. The minimum atomic E-state index is -3.44. The number of nitrogens with zero attached hydrogens (tertiary/aromatic N) is 5. The van der Waals surface area contributed by atoms with Gasteiger partial charge in [0.05, 0.1) is 23.7 Å². The zero-order chi connectivity index (χ0) is 38.1. The molecule has 2 aromatic carbocycles. The number of halogens is 6. The second-order valence-electron chi connectivity index (χ2n) is 14.1. The number of aromatic nitrogens is 5. The van der Waals surface area contributed by atoms with Crippen LogP contribution in [0.15, 0.2) is 42.5 Å². The lowest BCUT2D eigenvalue weighted by Crippen LogP contribution is -2.24. The Hall–Kier alpha value is -5.36. The Morgan fingerprint density at radius 1 is 1.09 bits per heavy atom. The molecular formula is C38H34F6N6O3. The molecule has 0 radical (unpaired) electrons. The van der Waals surface area contributed by atoms with Crippen molar-refractivity contribution in [1.82, 2.24) is 24.5 Å². The summed E-state index contributed by atoms with van der Waals surface area (Å²) in [5.74, 6) is -2.55. The molecule has 3 N–H and O–H groups in total. The van der Waals surface area contributed by atoms with Crippen LogP contribution < -0.4 is 10.5 Å². The fourth-order valence-electron chi connectivity index (χ4n) is 7.47. The van der Waals surface area contributed by atoms with Crippen molar-refractivity contribution in [3.05, 3.63) is 88.0 Å². The van der Waals surface area contributed by atoms with Gasteiger partial charge in [-0.05, 0) is 80.5 Å². The molecule has 9 nitrogen and oxygen atoms in total. The van der Waals surface area contributed by atoms with E-state index in [-0.39, 0.29) is 41.2 Å². The van der Waals surface area contributed by atoms with Crippen LogP contribution in [0.1, 0.15) is 78.9 Å². The van der Waals surface area contributed by atoms with Crippen LogP contribution in [0.3, 0.4) is 0 Å². The molecule has 0 spiro atoms. The zero-order valence-electron chi connectivity index (χ0n) is 29.0. The summed E-state index contributed by atoms with van der Waals surface area (Å²) in [6.45, 7) is 2.21. The first-order chi connectivity index (χ1) is 25.0. The fourth-order valence-corrected chi connectivity index (χ4v) is 7.47. The van der Waals surface area contributed by atoms with Gasteiger partial charge >= 0.3 is 0 Å². The Balaban J connectivity index is 1.37. The number of anilines is 1. The number of hydrogen-bond acceptors (Lipinski definition) is 7. The predicted molar refractivity (Wildman–Crippen MR) is 182 cm³/mol. The first-order valence-corrected chi connectivity index (χ1v) is 16.8. The van der Waals surface area contributed by atoms with Crippen LogP contribution in [0, 0.1) is 29.4 Å². The SMILES string of the molecule is COc1ccc(-c2ccc(C#CC(C)(C)O)nc2[C@@H](CC(=O)Cn2nc(C(F)F)c3c2C(F)(F)[C@@H]2C[C@H]32)Cc2cc(F)cc(F)c2)c2c1c(N)nn2C. The molecule has 15 heteroatoms. The fraction of sp³-hybridized carbons (Fsp3) is 0.368. The molecule has 0 bridgehead atoms. The van der Waals surface area contributed by atoms with Crippen molar-refractivity contribution in [2.24, 2.45) is 13.0 Å². The highest BCUT2D eigenvalue weighted by Crippen LogP contribution is 2.68. The molecular weight excluding hydrogens is 702 g/mol. The van der Waals surface area contributed by atoms with Crippen LogP contribution in [-0.4, -0.2) is 48.1 Å². The number of benzene rings is 2. The lowest BCUT2D eigenvalue weighted by Gasteiger charge is -2.22. The first-order valence-electron chi connectivity index (χ1n) is 16.8. The third-order valence-corrected chi connectivity index (χ3v) is 9.67. The number of carbonyl (C=O) groups is 1. The number of nitrogen functional groups attached to an aromatic ring is 1. The van der Waals surface area contributed by atoms with Crippen molar-refractivity contribution >= 4 is 22.5 Å². The molecule has 0 unspecified atom stereocenters. The second kappa shape index (κ2) is 12.9. The van der Waals surface area contributed by atoms with Gasteiger partial charge in [0, 0.05) is 48.1 Å². The largest absolute Gasteiger partial charge is 0.496 e. The maximum atomic E-state index is 15.4. The smallest absolute Gasteiger partial charge is 0.293 e. The van der Waals surface area contributed by atoms with E-state index in [9.17, 15) is 27.5 Å². The quantitative estimate of drug-likeness (QED) is 0.118. The number of ether oxygens (including phenoxy) is 1. The summed E-state index contributed by atoms with van der Waals surface area (Å²) in [6, 6.07) is 9.60. The van der Waals surface area contributed by atoms with E-state index in [1.54, 1.807) is 36.0 Å². The number of hydrogen-bond donors (Lipinski definition) is 2. The van der Waals surface area contributed by atoms with E-state index < -0.39 is 77.5 Å². The number of pyridine rings is 1. The molecule has 0 amide bonds. The number of alkyl halides is 4. The number of nitrogens with two attached hydrogens (primary N) is 1. The minimum absolute atomic E-state index is 0.0632. The molecule has 3 aromatic heterocycles.